The summed E-state index contributed by atoms with van der Waals surface area (Å²) in [5, 5.41) is 10.3. The fraction of sp³-hybridized carbons (Fsp3) is 0.353. The van der Waals surface area contributed by atoms with Crippen LogP contribution in [-0.2, 0) is 12.8 Å². The zero-order chi connectivity index (χ0) is 13.8. The maximum atomic E-state index is 10.3. The minimum absolute atomic E-state index is 0.486. The molecule has 0 radical (unpaired) electrons. The number of aryl methyl sites for hydroxylation is 3. The van der Waals surface area contributed by atoms with E-state index in [0.29, 0.717) is 6.42 Å². The number of hydrogen-bond donors (Lipinski definition) is 1. The summed E-state index contributed by atoms with van der Waals surface area (Å²) in [5.41, 5.74) is 5.51. The molecule has 1 N–H and O–H groups in total. The second-order valence-electron chi connectivity index (χ2n) is 5.09. The molecule has 1 aromatic heterocycles. The summed E-state index contributed by atoms with van der Waals surface area (Å²) >= 11 is 0. The Bertz CT molecular complexity index is 546. The summed E-state index contributed by atoms with van der Waals surface area (Å²) in [7, 11) is 0. The minimum atomic E-state index is -0.486. The molecule has 0 bridgehead atoms. The van der Waals surface area contributed by atoms with Crippen LogP contribution in [0, 0.1) is 13.8 Å². The van der Waals surface area contributed by atoms with Crippen LogP contribution < -0.4 is 0 Å². The lowest BCUT2D eigenvalue weighted by Gasteiger charge is -2.14. The van der Waals surface area contributed by atoms with Crippen molar-refractivity contribution in [3.8, 4) is 0 Å². The monoisotopic (exact) mass is 255 g/mol. The number of aromatic nitrogens is 1. The van der Waals surface area contributed by atoms with Gasteiger partial charge in [-0.3, -0.25) is 4.98 Å². The number of aliphatic hydroxyl groups excluding tert-OH is 1. The van der Waals surface area contributed by atoms with Crippen molar-refractivity contribution in [2.75, 3.05) is 0 Å². The van der Waals surface area contributed by atoms with Gasteiger partial charge in [0.15, 0.2) is 0 Å². The van der Waals surface area contributed by atoms with Gasteiger partial charge in [-0.1, -0.05) is 36.8 Å². The molecule has 1 heterocycles. The molecule has 0 aliphatic heterocycles. The molecule has 2 heteroatoms. The molecule has 0 amide bonds. The molecule has 1 atom stereocenters. The molecule has 2 nitrogen and oxygen atoms in total. The molecule has 0 saturated heterocycles. The Morgan fingerprint density at radius 3 is 2.53 bits per heavy atom. The number of hydrogen-bond acceptors (Lipinski definition) is 2. The first kappa shape index (κ1) is 13.8. The Labute approximate surface area is 115 Å². The van der Waals surface area contributed by atoms with Crippen LogP contribution in [0.25, 0.3) is 0 Å². The van der Waals surface area contributed by atoms with E-state index in [1.165, 1.54) is 11.1 Å². The summed E-state index contributed by atoms with van der Waals surface area (Å²) in [6.07, 6.45) is 2.96. The average molecular weight is 255 g/mol. The molecule has 0 spiro atoms. The van der Waals surface area contributed by atoms with E-state index in [9.17, 15) is 5.11 Å². The third-order valence-electron chi connectivity index (χ3n) is 3.48. The minimum Gasteiger partial charge on any atom is -0.388 e. The van der Waals surface area contributed by atoms with Crippen LogP contribution in [0.2, 0.25) is 0 Å². The smallest absolute Gasteiger partial charge is 0.0848 e. The van der Waals surface area contributed by atoms with Gasteiger partial charge in [0, 0.05) is 18.3 Å². The van der Waals surface area contributed by atoms with Crippen LogP contribution >= 0.6 is 0 Å². The van der Waals surface area contributed by atoms with Crippen molar-refractivity contribution in [3.05, 3.63) is 64.5 Å². The summed E-state index contributed by atoms with van der Waals surface area (Å²) in [6, 6.07) is 10.2. The Balaban J connectivity index is 2.13. The van der Waals surface area contributed by atoms with Gasteiger partial charge in [-0.2, -0.15) is 0 Å². The van der Waals surface area contributed by atoms with Gasteiger partial charge in [0.1, 0.15) is 0 Å². The van der Waals surface area contributed by atoms with Gasteiger partial charge in [-0.05, 0) is 43.0 Å². The SMILES string of the molecule is CCc1ccc(CC(O)c2ccc(C)cc2C)nc1. The molecular formula is C17H21NO. The number of rotatable bonds is 4. The van der Waals surface area contributed by atoms with E-state index in [2.05, 4.69) is 31.0 Å². The Kier molecular flexibility index (Phi) is 4.33. The van der Waals surface area contributed by atoms with Crippen molar-refractivity contribution in [1.82, 2.24) is 4.98 Å². The summed E-state index contributed by atoms with van der Waals surface area (Å²) in [5.74, 6) is 0. The quantitative estimate of drug-likeness (QED) is 0.906. The van der Waals surface area contributed by atoms with Crippen molar-refractivity contribution < 1.29 is 5.11 Å². The first-order valence-electron chi connectivity index (χ1n) is 6.79. The zero-order valence-electron chi connectivity index (χ0n) is 11.9. The molecule has 0 aliphatic carbocycles. The summed E-state index contributed by atoms with van der Waals surface area (Å²) in [6.45, 7) is 6.22. The molecule has 0 fully saturated rings. The fourth-order valence-corrected chi connectivity index (χ4v) is 2.29. The van der Waals surface area contributed by atoms with Crippen molar-refractivity contribution in [2.45, 2.75) is 39.7 Å². The normalized spacial score (nSPS) is 12.4. The van der Waals surface area contributed by atoms with E-state index in [-0.39, 0.29) is 0 Å². The highest BCUT2D eigenvalue weighted by Crippen LogP contribution is 2.22. The molecule has 100 valence electrons. The first-order chi connectivity index (χ1) is 9.10. The molecule has 1 unspecified atom stereocenters. The molecule has 1 aromatic carbocycles. The first-order valence-corrected chi connectivity index (χ1v) is 6.79. The van der Waals surface area contributed by atoms with E-state index in [0.717, 1.165) is 23.2 Å². The number of nitrogens with zero attached hydrogens (tertiary/aromatic N) is 1. The molecule has 0 saturated carbocycles. The van der Waals surface area contributed by atoms with Crippen LogP contribution in [0.3, 0.4) is 0 Å². The van der Waals surface area contributed by atoms with Gasteiger partial charge in [0.25, 0.3) is 0 Å². The van der Waals surface area contributed by atoms with Crippen LogP contribution in [0.5, 0.6) is 0 Å². The van der Waals surface area contributed by atoms with Gasteiger partial charge in [0.2, 0.25) is 0 Å². The molecule has 2 rings (SSSR count). The van der Waals surface area contributed by atoms with Gasteiger partial charge in [-0.15, -0.1) is 0 Å². The third-order valence-corrected chi connectivity index (χ3v) is 3.48. The van der Waals surface area contributed by atoms with Gasteiger partial charge >= 0.3 is 0 Å². The largest absolute Gasteiger partial charge is 0.388 e. The lowest BCUT2D eigenvalue weighted by Crippen LogP contribution is -2.05. The van der Waals surface area contributed by atoms with Crippen molar-refractivity contribution in [1.29, 1.82) is 0 Å². The van der Waals surface area contributed by atoms with E-state index < -0.39 is 6.10 Å². The lowest BCUT2D eigenvalue weighted by atomic mass is 9.98. The second kappa shape index (κ2) is 5.98. The second-order valence-corrected chi connectivity index (χ2v) is 5.09. The Morgan fingerprint density at radius 2 is 1.95 bits per heavy atom. The van der Waals surface area contributed by atoms with Gasteiger partial charge in [0.05, 0.1) is 6.10 Å². The average Bonchev–Trinajstić information content (AvgIpc) is 2.39. The van der Waals surface area contributed by atoms with Crippen LogP contribution in [0.4, 0.5) is 0 Å². The topological polar surface area (TPSA) is 33.1 Å². The van der Waals surface area contributed by atoms with Crippen molar-refractivity contribution in [3.63, 3.8) is 0 Å². The highest BCUT2D eigenvalue weighted by atomic mass is 16.3. The number of benzene rings is 1. The standard InChI is InChI=1S/C17H21NO/c1-4-14-6-7-15(18-11-14)10-17(19)16-8-5-12(2)9-13(16)3/h5-9,11,17,19H,4,10H2,1-3H3. The predicted molar refractivity (Wildman–Crippen MR) is 78.2 cm³/mol. The lowest BCUT2D eigenvalue weighted by molar-refractivity contribution is 0.176. The molecule has 0 aliphatic rings. The Morgan fingerprint density at radius 1 is 1.16 bits per heavy atom. The predicted octanol–water partition coefficient (Wildman–Crippen LogP) is 3.54. The van der Waals surface area contributed by atoms with Crippen molar-refractivity contribution >= 4 is 0 Å². The van der Waals surface area contributed by atoms with E-state index in [1.807, 2.05) is 31.3 Å². The fourth-order valence-electron chi connectivity index (χ4n) is 2.29. The maximum Gasteiger partial charge on any atom is 0.0848 e. The van der Waals surface area contributed by atoms with Gasteiger partial charge < -0.3 is 5.11 Å². The van der Waals surface area contributed by atoms with Crippen LogP contribution in [0.1, 0.15) is 41.0 Å². The zero-order valence-corrected chi connectivity index (χ0v) is 11.9. The van der Waals surface area contributed by atoms with E-state index >= 15 is 0 Å². The van der Waals surface area contributed by atoms with E-state index in [4.69, 9.17) is 0 Å². The third kappa shape index (κ3) is 3.42. The van der Waals surface area contributed by atoms with Crippen LogP contribution in [-0.4, -0.2) is 10.1 Å². The van der Waals surface area contributed by atoms with E-state index in [1.54, 1.807) is 0 Å². The summed E-state index contributed by atoms with van der Waals surface area (Å²) < 4.78 is 0. The molecule has 19 heavy (non-hydrogen) atoms. The number of pyridine rings is 1. The highest BCUT2D eigenvalue weighted by Gasteiger charge is 2.12. The molecule has 2 aromatic rings. The van der Waals surface area contributed by atoms with Crippen LogP contribution in [0.15, 0.2) is 36.5 Å². The van der Waals surface area contributed by atoms with Crippen molar-refractivity contribution in [2.24, 2.45) is 0 Å². The van der Waals surface area contributed by atoms with Gasteiger partial charge in [-0.25, -0.2) is 0 Å². The highest BCUT2D eigenvalue weighted by molar-refractivity contribution is 5.32. The number of aliphatic hydroxyl groups is 1. The summed E-state index contributed by atoms with van der Waals surface area (Å²) in [4.78, 5) is 4.40. The molecular weight excluding hydrogens is 234 g/mol. The maximum absolute atomic E-state index is 10.3. The Hall–Kier alpha value is -1.67.